The summed E-state index contributed by atoms with van der Waals surface area (Å²) in [4.78, 5) is 12.0. The smallest absolute Gasteiger partial charge is 0.224 e. The van der Waals surface area contributed by atoms with Gasteiger partial charge >= 0.3 is 0 Å². The molecule has 4 atom stereocenters. The number of fused-ring (bicyclic) bond motifs is 2. The van der Waals surface area contributed by atoms with E-state index in [1.165, 1.54) is 19.3 Å². The molecule has 98 valence electrons. The first kappa shape index (κ1) is 13.2. The largest absolute Gasteiger partial charge is 0.352 e. The predicted octanol–water partition coefficient (Wildman–Crippen LogP) is 3.19. The van der Waals surface area contributed by atoms with Gasteiger partial charge in [0, 0.05) is 17.8 Å². The number of nitrogens with one attached hydrogen (secondary N) is 1. The fourth-order valence-corrected chi connectivity index (χ4v) is 4.16. The van der Waals surface area contributed by atoms with Gasteiger partial charge in [-0.1, -0.05) is 27.7 Å². The summed E-state index contributed by atoms with van der Waals surface area (Å²) in [5, 5.41) is 3.27. The van der Waals surface area contributed by atoms with Crippen molar-refractivity contribution in [3.8, 4) is 0 Å². The molecule has 2 nitrogen and oxygen atoms in total. The minimum atomic E-state index is -0.0878. The van der Waals surface area contributed by atoms with Crippen LogP contribution in [0.3, 0.4) is 0 Å². The lowest BCUT2D eigenvalue weighted by Gasteiger charge is -2.43. The number of alkyl halides is 1. The van der Waals surface area contributed by atoms with Gasteiger partial charge in [-0.05, 0) is 36.0 Å². The number of amides is 1. The van der Waals surface area contributed by atoms with Crippen LogP contribution in [-0.2, 0) is 4.79 Å². The van der Waals surface area contributed by atoms with Crippen LogP contribution in [0.5, 0.6) is 0 Å². The third-order valence-corrected chi connectivity index (χ3v) is 5.70. The Morgan fingerprint density at radius 2 is 2.12 bits per heavy atom. The molecular formula is C14H24ClNO. The SMILES string of the molecule is CC(CCl)C(=O)NC1C2(C)CCC(C2)C1(C)C. The molecule has 2 fully saturated rings. The van der Waals surface area contributed by atoms with Gasteiger partial charge in [0.2, 0.25) is 5.91 Å². The van der Waals surface area contributed by atoms with E-state index in [2.05, 4.69) is 26.1 Å². The molecular weight excluding hydrogens is 234 g/mol. The monoisotopic (exact) mass is 257 g/mol. The van der Waals surface area contributed by atoms with Crippen LogP contribution in [0.2, 0.25) is 0 Å². The molecule has 0 aliphatic heterocycles. The molecule has 4 unspecified atom stereocenters. The minimum absolute atomic E-state index is 0.0878. The highest BCUT2D eigenvalue weighted by Gasteiger charge is 2.59. The van der Waals surface area contributed by atoms with Crippen molar-refractivity contribution in [2.45, 2.75) is 53.0 Å². The average molecular weight is 258 g/mol. The van der Waals surface area contributed by atoms with E-state index in [1.54, 1.807) is 0 Å². The van der Waals surface area contributed by atoms with E-state index >= 15 is 0 Å². The van der Waals surface area contributed by atoms with Gasteiger partial charge in [-0.25, -0.2) is 0 Å². The van der Waals surface area contributed by atoms with E-state index in [1.807, 2.05) is 6.92 Å². The normalized spacial score (nSPS) is 40.3. The Labute approximate surface area is 109 Å². The van der Waals surface area contributed by atoms with Crippen molar-refractivity contribution in [3.05, 3.63) is 0 Å². The zero-order valence-corrected chi connectivity index (χ0v) is 12.1. The Kier molecular flexibility index (Phi) is 3.22. The molecule has 2 aliphatic rings. The molecule has 2 rings (SSSR count). The van der Waals surface area contributed by atoms with Gasteiger partial charge in [-0.15, -0.1) is 11.6 Å². The number of hydrogen-bond donors (Lipinski definition) is 1. The highest BCUT2D eigenvalue weighted by Crippen LogP contribution is 2.62. The van der Waals surface area contributed by atoms with E-state index in [-0.39, 0.29) is 17.2 Å². The van der Waals surface area contributed by atoms with Gasteiger partial charge in [-0.3, -0.25) is 4.79 Å². The summed E-state index contributed by atoms with van der Waals surface area (Å²) in [5.41, 5.74) is 0.532. The Morgan fingerprint density at radius 1 is 1.47 bits per heavy atom. The maximum atomic E-state index is 12.0. The second-order valence-corrected chi connectivity index (χ2v) is 7.22. The van der Waals surface area contributed by atoms with Crippen LogP contribution < -0.4 is 5.32 Å². The molecule has 2 aliphatic carbocycles. The van der Waals surface area contributed by atoms with Crippen LogP contribution in [-0.4, -0.2) is 17.8 Å². The van der Waals surface area contributed by atoms with Gasteiger partial charge < -0.3 is 5.32 Å². The van der Waals surface area contributed by atoms with Gasteiger partial charge in [0.15, 0.2) is 0 Å². The van der Waals surface area contributed by atoms with Crippen molar-refractivity contribution in [2.24, 2.45) is 22.7 Å². The molecule has 0 aromatic carbocycles. The van der Waals surface area contributed by atoms with Crippen molar-refractivity contribution in [2.75, 3.05) is 5.88 Å². The van der Waals surface area contributed by atoms with Gasteiger partial charge in [0.25, 0.3) is 0 Å². The van der Waals surface area contributed by atoms with Crippen LogP contribution >= 0.6 is 11.6 Å². The van der Waals surface area contributed by atoms with E-state index in [0.717, 1.165) is 5.92 Å². The number of halogens is 1. The lowest BCUT2D eigenvalue weighted by molar-refractivity contribution is -0.126. The fraction of sp³-hybridized carbons (Fsp3) is 0.929. The van der Waals surface area contributed by atoms with Gasteiger partial charge in [-0.2, -0.15) is 0 Å². The number of carbonyl (C=O) groups excluding carboxylic acids is 1. The van der Waals surface area contributed by atoms with E-state index < -0.39 is 0 Å². The first-order valence-corrected chi connectivity index (χ1v) is 7.21. The quantitative estimate of drug-likeness (QED) is 0.773. The summed E-state index contributed by atoms with van der Waals surface area (Å²) in [5.74, 6) is 1.20. The lowest BCUT2D eigenvalue weighted by Crippen LogP contribution is -2.53. The average Bonchev–Trinajstić information content (AvgIpc) is 2.74. The van der Waals surface area contributed by atoms with Crippen molar-refractivity contribution in [3.63, 3.8) is 0 Å². The summed E-state index contributed by atoms with van der Waals surface area (Å²) in [7, 11) is 0. The van der Waals surface area contributed by atoms with Gasteiger partial charge in [0.05, 0.1) is 0 Å². The minimum Gasteiger partial charge on any atom is -0.352 e. The second kappa shape index (κ2) is 4.15. The van der Waals surface area contributed by atoms with Crippen molar-refractivity contribution < 1.29 is 4.79 Å². The maximum Gasteiger partial charge on any atom is 0.224 e. The second-order valence-electron chi connectivity index (χ2n) is 6.91. The molecule has 1 N–H and O–H groups in total. The summed E-state index contributed by atoms with van der Waals surface area (Å²) >= 11 is 5.76. The maximum absolute atomic E-state index is 12.0. The lowest BCUT2D eigenvalue weighted by atomic mass is 9.68. The first-order chi connectivity index (χ1) is 7.81. The molecule has 0 heterocycles. The Balaban J connectivity index is 2.13. The van der Waals surface area contributed by atoms with E-state index in [9.17, 15) is 4.79 Å². The van der Waals surface area contributed by atoms with Crippen molar-refractivity contribution in [1.29, 1.82) is 0 Å². The standard InChI is InChI=1S/C14H24ClNO/c1-9(8-15)11(17)16-12-13(2,3)10-5-6-14(12,4)7-10/h9-10,12H,5-8H2,1-4H3,(H,16,17). The molecule has 0 saturated heterocycles. The van der Waals surface area contributed by atoms with E-state index in [0.29, 0.717) is 17.3 Å². The molecule has 17 heavy (non-hydrogen) atoms. The van der Waals surface area contributed by atoms with Crippen LogP contribution in [0.15, 0.2) is 0 Å². The molecule has 0 spiro atoms. The van der Waals surface area contributed by atoms with Gasteiger partial charge in [0.1, 0.15) is 0 Å². The summed E-state index contributed by atoms with van der Waals surface area (Å²) in [6.45, 7) is 8.83. The first-order valence-electron chi connectivity index (χ1n) is 6.67. The van der Waals surface area contributed by atoms with Crippen LogP contribution in [0.1, 0.15) is 47.0 Å². The van der Waals surface area contributed by atoms with Crippen LogP contribution in [0.25, 0.3) is 0 Å². The van der Waals surface area contributed by atoms with Crippen LogP contribution in [0.4, 0.5) is 0 Å². The summed E-state index contributed by atoms with van der Waals surface area (Å²) in [6, 6.07) is 0.312. The van der Waals surface area contributed by atoms with Crippen molar-refractivity contribution in [1.82, 2.24) is 5.32 Å². The molecule has 0 aromatic heterocycles. The zero-order valence-electron chi connectivity index (χ0n) is 11.3. The highest BCUT2D eigenvalue weighted by atomic mass is 35.5. The summed E-state index contributed by atoms with van der Waals surface area (Å²) < 4.78 is 0. The number of hydrogen-bond acceptors (Lipinski definition) is 1. The Hall–Kier alpha value is -0.240. The highest BCUT2D eigenvalue weighted by molar-refractivity contribution is 6.19. The number of rotatable bonds is 3. The molecule has 0 aromatic rings. The fourth-order valence-electron chi connectivity index (χ4n) is 4.02. The predicted molar refractivity (Wildman–Crippen MR) is 71.0 cm³/mol. The summed E-state index contributed by atoms with van der Waals surface area (Å²) in [6.07, 6.45) is 3.84. The molecule has 0 radical (unpaired) electrons. The Bertz CT molecular complexity index is 323. The number of carbonyl (C=O) groups is 1. The van der Waals surface area contributed by atoms with Crippen molar-refractivity contribution >= 4 is 17.5 Å². The molecule has 2 saturated carbocycles. The zero-order chi connectivity index (χ0) is 12.8. The molecule has 2 bridgehead atoms. The molecule has 3 heteroatoms. The topological polar surface area (TPSA) is 29.1 Å². The third kappa shape index (κ3) is 1.99. The third-order valence-electron chi connectivity index (χ3n) is 5.24. The Morgan fingerprint density at radius 3 is 2.59 bits per heavy atom. The van der Waals surface area contributed by atoms with Crippen LogP contribution in [0, 0.1) is 22.7 Å². The van der Waals surface area contributed by atoms with E-state index in [4.69, 9.17) is 11.6 Å². The molecule has 1 amide bonds.